The van der Waals surface area contributed by atoms with Gasteiger partial charge in [0.2, 0.25) is 0 Å². The van der Waals surface area contributed by atoms with Crippen LogP contribution in [0, 0.1) is 5.82 Å². The molecule has 2 aliphatic rings. The van der Waals surface area contributed by atoms with E-state index in [1.807, 2.05) is 12.1 Å². The zero-order chi connectivity index (χ0) is 18.7. The zero-order valence-corrected chi connectivity index (χ0v) is 16.6. The lowest BCUT2D eigenvalue weighted by Crippen LogP contribution is -2.49. The summed E-state index contributed by atoms with van der Waals surface area (Å²) in [7, 11) is 1.80. The van der Waals surface area contributed by atoms with E-state index in [0.29, 0.717) is 6.04 Å². The summed E-state index contributed by atoms with van der Waals surface area (Å²) in [6.45, 7) is 2.85. The summed E-state index contributed by atoms with van der Waals surface area (Å²) in [5.41, 5.74) is 0.753. The lowest BCUT2D eigenvalue weighted by Gasteiger charge is -2.33. The van der Waals surface area contributed by atoms with Crippen LogP contribution in [-0.2, 0) is 5.41 Å². The molecule has 0 atom stereocenters. The number of rotatable bonds is 5. The third-order valence-corrected chi connectivity index (χ3v) is 6.70. The molecule has 2 fully saturated rings. The van der Waals surface area contributed by atoms with Gasteiger partial charge in [-0.15, -0.1) is 11.3 Å². The highest BCUT2D eigenvalue weighted by molar-refractivity contribution is 7.14. The molecule has 0 bridgehead atoms. The molecule has 4 rings (SSSR count). The van der Waals surface area contributed by atoms with Gasteiger partial charge in [-0.1, -0.05) is 18.2 Å². The van der Waals surface area contributed by atoms with Crippen molar-refractivity contribution < 1.29 is 4.39 Å². The second kappa shape index (κ2) is 7.89. The Labute approximate surface area is 164 Å². The summed E-state index contributed by atoms with van der Waals surface area (Å²) in [6.07, 6.45) is 4.24. The molecule has 0 unspecified atom stereocenters. The Hall–Kier alpha value is -2.08. The third kappa shape index (κ3) is 4.10. The predicted molar refractivity (Wildman–Crippen MR) is 111 cm³/mol. The number of anilines is 1. The van der Waals surface area contributed by atoms with E-state index in [-0.39, 0.29) is 11.2 Å². The smallest absolute Gasteiger partial charge is 0.191 e. The number of benzene rings is 1. The Bertz CT molecular complexity index is 777. The van der Waals surface area contributed by atoms with Crippen LogP contribution in [0.25, 0.3) is 0 Å². The fraction of sp³-hybridized carbons (Fsp3) is 0.476. The minimum Gasteiger partial charge on any atom is -0.363 e. The van der Waals surface area contributed by atoms with Crippen LogP contribution >= 0.6 is 11.3 Å². The standard InChI is InChI=1S/C21H27FN4S/c1-23-20(24-15-21(10-11-21)17-5-2-3-6-18(17)22)25-16-8-12-26(13-9-16)19-7-4-14-27-19/h2-7,14,16H,8-13,15H2,1H3,(H2,23,24,25). The highest BCUT2D eigenvalue weighted by Gasteiger charge is 2.45. The van der Waals surface area contributed by atoms with Crippen molar-refractivity contribution in [3.8, 4) is 0 Å². The van der Waals surface area contributed by atoms with E-state index >= 15 is 0 Å². The van der Waals surface area contributed by atoms with Gasteiger partial charge in [-0.3, -0.25) is 4.99 Å². The molecular formula is C21H27FN4S. The normalized spacial score (nSPS) is 19.8. The van der Waals surface area contributed by atoms with Gasteiger partial charge in [0.05, 0.1) is 5.00 Å². The molecule has 0 spiro atoms. The number of halogens is 1. The van der Waals surface area contributed by atoms with Crippen molar-refractivity contribution >= 4 is 22.3 Å². The molecule has 6 heteroatoms. The van der Waals surface area contributed by atoms with E-state index in [4.69, 9.17) is 0 Å². The van der Waals surface area contributed by atoms with Gasteiger partial charge in [0, 0.05) is 38.1 Å². The maximum absolute atomic E-state index is 14.2. The van der Waals surface area contributed by atoms with E-state index in [1.54, 1.807) is 30.5 Å². The van der Waals surface area contributed by atoms with E-state index in [9.17, 15) is 4.39 Å². The second-order valence-electron chi connectivity index (χ2n) is 7.54. The number of hydrogen-bond acceptors (Lipinski definition) is 3. The lowest BCUT2D eigenvalue weighted by atomic mass is 9.95. The first kappa shape index (κ1) is 18.3. The number of nitrogens with one attached hydrogen (secondary N) is 2. The Balaban J connectivity index is 1.29. The quantitative estimate of drug-likeness (QED) is 0.607. The van der Waals surface area contributed by atoms with Gasteiger partial charge in [0.15, 0.2) is 5.96 Å². The van der Waals surface area contributed by atoms with E-state index < -0.39 is 0 Å². The minimum atomic E-state index is -0.0966. The van der Waals surface area contributed by atoms with Gasteiger partial charge in [-0.25, -0.2) is 4.39 Å². The number of aliphatic imine (C=N–C) groups is 1. The molecule has 1 aromatic heterocycles. The van der Waals surface area contributed by atoms with Crippen LogP contribution < -0.4 is 15.5 Å². The molecule has 27 heavy (non-hydrogen) atoms. The van der Waals surface area contributed by atoms with Crippen LogP contribution in [0.3, 0.4) is 0 Å². The van der Waals surface area contributed by atoms with Gasteiger partial charge in [-0.05, 0) is 54.8 Å². The van der Waals surface area contributed by atoms with Crippen molar-refractivity contribution in [3.05, 3.63) is 53.2 Å². The molecule has 1 saturated heterocycles. The first-order valence-corrected chi connectivity index (χ1v) is 10.6. The Morgan fingerprint density at radius 1 is 1.22 bits per heavy atom. The van der Waals surface area contributed by atoms with Crippen LogP contribution in [0.1, 0.15) is 31.2 Å². The topological polar surface area (TPSA) is 39.7 Å². The van der Waals surface area contributed by atoms with Gasteiger partial charge in [-0.2, -0.15) is 0 Å². The summed E-state index contributed by atoms with van der Waals surface area (Å²) >= 11 is 1.80. The van der Waals surface area contributed by atoms with Crippen LogP contribution in [0.15, 0.2) is 46.8 Å². The molecule has 1 aliphatic heterocycles. The highest BCUT2D eigenvalue weighted by Crippen LogP contribution is 2.48. The average Bonchev–Trinajstić information content (AvgIpc) is 3.28. The molecule has 2 aromatic rings. The molecule has 2 heterocycles. The maximum atomic E-state index is 14.2. The molecule has 1 aromatic carbocycles. The van der Waals surface area contributed by atoms with Crippen molar-refractivity contribution in [1.82, 2.24) is 10.6 Å². The van der Waals surface area contributed by atoms with E-state index in [0.717, 1.165) is 56.8 Å². The van der Waals surface area contributed by atoms with Gasteiger partial charge < -0.3 is 15.5 Å². The summed E-state index contributed by atoms with van der Waals surface area (Å²) < 4.78 is 14.2. The molecule has 144 valence electrons. The molecular weight excluding hydrogens is 359 g/mol. The molecule has 4 nitrogen and oxygen atoms in total. The highest BCUT2D eigenvalue weighted by atomic mass is 32.1. The van der Waals surface area contributed by atoms with Crippen LogP contribution in [0.2, 0.25) is 0 Å². The number of nitrogens with zero attached hydrogens (tertiary/aromatic N) is 2. The summed E-state index contributed by atoms with van der Waals surface area (Å²) in [5.74, 6) is 0.730. The summed E-state index contributed by atoms with van der Waals surface area (Å²) in [4.78, 5) is 6.84. The molecule has 1 saturated carbocycles. The second-order valence-corrected chi connectivity index (χ2v) is 8.47. The monoisotopic (exact) mass is 386 g/mol. The van der Waals surface area contributed by atoms with Gasteiger partial charge in [0.1, 0.15) is 5.82 Å². The molecule has 0 amide bonds. The van der Waals surface area contributed by atoms with Crippen molar-refractivity contribution in [2.75, 3.05) is 31.6 Å². The van der Waals surface area contributed by atoms with Gasteiger partial charge in [0.25, 0.3) is 0 Å². The number of thiophene rings is 1. The average molecular weight is 387 g/mol. The molecule has 0 radical (unpaired) electrons. The Morgan fingerprint density at radius 2 is 2.00 bits per heavy atom. The summed E-state index contributed by atoms with van der Waals surface area (Å²) in [6, 6.07) is 11.9. The number of hydrogen-bond donors (Lipinski definition) is 2. The number of guanidine groups is 1. The third-order valence-electron chi connectivity index (χ3n) is 5.77. The first-order chi connectivity index (χ1) is 13.2. The Morgan fingerprint density at radius 3 is 2.63 bits per heavy atom. The van der Waals surface area contributed by atoms with E-state index in [1.165, 1.54) is 5.00 Å². The van der Waals surface area contributed by atoms with Crippen LogP contribution in [-0.4, -0.2) is 38.7 Å². The zero-order valence-electron chi connectivity index (χ0n) is 15.7. The lowest BCUT2D eigenvalue weighted by molar-refractivity contribution is 0.460. The summed E-state index contributed by atoms with van der Waals surface area (Å²) in [5, 5.41) is 10.5. The van der Waals surface area contributed by atoms with Crippen molar-refractivity contribution in [3.63, 3.8) is 0 Å². The Kier molecular flexibility index (Phi) is 5.34. The predicted octanol–water partition coefficient (Wildman–Crippen LogP) is 3.75. The maximum Gasteiger partial charge on any atom is 0.191 e. The van der Waals surface area contributed by atoms with Gasteiger partial charge >= 0.3 is 0 Å². The van der Waals surface area contributed by atoms with Crippen molar-refractivity contribution in [1.29, 1.82) is 0 Å². The van der Waals surface area contributed by atoms with Crippen molar-refractivity contribution in [2.24, 2.45) is 4.99 Å². The number of piperidine rings is 1. The van der Waals surface area contributed by atoms with Crippen LogP contribution in [0.4, 0.5) is 9.39 Å². The molecule has 2 N–H and O–H groups in total. The molecule has 1 aliphatic carbocycles. The fourth-order valence-corrected chi connectivity index (χ4v) is 4.70. The van der Waals surface area contributed by atoms with Crippen LogP contribution in [0.5, 0.6) is 0 Å². The first-order valence-electron chi connectivity index (χ1n) is 9.71. The van der Waals surface area contributed by atoms with E-state index in [2.05, 4.69) is 38.0 Å². The fourth-order valence-electron chi connectivity index (χ4n) is 3.92. The van der Waals surface area contributed by atoms with Crippen molar-refractivity contribution in [2.45, 2.75) is 37.1 Å². The minimum absolute atomic E-state index is 0.0779. The largest absolute Gasteiger partial charge is 0.363 e. The SMILES string of the molecule is CN=C(NCC1(c2ccccc2F)CC1)NC1CCN(c2cccs2)CC1.